The van der Waals surface area contributed by atoms with Crippen LogP contribution < -0.4 is 4.74 Å². The largest absolute Gasteiger partial charge is 0.436 e. The van der Waals surface area contributed by atoms with Crippen molar-refractivity contribution in [3.05, 3.63) is 52.7 Å². The third kappa shape index (κ3) is 2.57. The average molecular weight is 275 g/mol. The van der Waals surface area contributed by atoms with E-state index >= 15 is 0 Å². The number of rotatable bonds is 2. The van der Waals surface area contributed by atoms with Crippen LogP contribution in [0.2, 0.25) is 0 Å². The second-order valence-corrected chi connectivity index (χ2v) is 4.98. The van der Waals surface area contributed by atoms with Gasteiger partial charge >= 0.3 is 0 Å². The normalized spacial score (nSPS) is 12.9. The zero-order valence-corrected chi connectivity index (χ0v) is 11.5. The Balaban J connectivity index is 2.02. The number of benzene rings is 1. The molecular weight excluding hydrogens is 262 g/mol. The van der Waals surface area contributed by atoms with Gasteiger partial charge in [-0.3, -0.25) is 0 Å². The maximum absolute atomic E-state index is 9.29. The second kappa shape index (κ2) is 5.64. The van der Waals surface area contributed by atoms with E-state index in [0.717, 1.165) is 36.9 Å². The average Bonchev–Trinajstić information content (AvgIpc) is 2.54. The zero-order chi connectivity index (χ0) is 14.7. The Kier molecular flexibility index (Phi) is 3.53. The van der Waals surface area contributed by atoms with Gasteiger partial charge in [0.15, 0.2) is 0 Å². The number of hydrogen-bond acceptors (Lipinski definition) is 4. The van der Waals surface area contributed by atoms with Gasteiger partial charge in [-0.1, -0.05) is 12.1 Å². The topological polar surface area (TPSA) is 69.7 Å². The molecule has 0 fully saturated rings. The highest BCUT2D eigenvalue weighted by molar-refractivity contribution is 5.49. The molecule has 0 bridgehead atoms. The molecule has 1 aliphatic rings. The van der Waals surface area contributed by atoms with E-state index in [1.54, 1.807) is 24.3 Å². The van der Waals surface area contributed by atoms with Gasteiger partial charge in [-0.15, -0.1) is 0 Å². The number of nitriles is 2. The van der Waals surface area contributed by atoms with Crippen molar-refractivity contribution in [2.75, 3.05) is 0 Å². The first kappa shape index (κ1) is 13.1. The number of fused-ring (bicyclic) bond motifs is 1. The van der Waals surface area contributed by atoms with Crippen molar-refractivity contribution in [1.29, 1.82) is 10.5 Å². The molecule has 0 N–H and O–H groups in total. The first-order valence-corrected chi connectivity index (χ1v) is 6.91. The van der Waals surface area contributed by atoms with Gasteiger partial charge in [0.25, 0.3) is 0 Å². The van der Waals surface area contributed by atoms with E-state index in [9.17, 15) is 5.26 Å². The summed E-state index contributed by atoms with van der Waals surface area (Å²) in [5, 5.41) is 18.4. The molecule has 4 heteroatoms. The highest BCUT2D eigenvalue weighted by Crippen LogP contribution is 2.30. The second-order valence-electron chi connectivity index (χ2n) is 4.98. The molecule has 1 heterocycles. The number of aromatic nitrogens is 1. The van der Waals surface area contributed by atoms with Crippen LogP contribution in [-0.4, -0.2) is 4.98 Å². The van der Waals surface area contributed by atoms with Gasteiger partial charge in [-0.25, -0.2) is 4.98 Å². The van der Waals surface area contributed by atoms with E-state index in [2.05, 4.69) is 17.1 Å². The van der Waals surface area contributed by atoms with Crippen LogP contribution in [0.1, 0.15) is 35.2 Å². The van der Waals surface area contributed by atoms with Crippen LogP contribution in [-0.2, 0) is 12.8 Å². The summed E-state index contributed by atoms with van der Waals surface area (Å²) in [5.41, 5.74) is 2.99. The molecule has 3 rings (SSSR count). The van der Waals surface area contributed by atoms with Crippen molar-refractivity contribution in [1.82, 2.24) is 4.98 Å². The fourth-order valence-corrected chi connectivity index (χ4v) is 2.52. The number of ether oxygens (including phenoxy) is 1. The van der Waals surface area contributed by atoms with E-state index in [-0.39, 0.29) is 0 Å². The molecule has 1 aliphatic carbocycles. The lowest BCUT2D eigenvalue weighted by molar-refractivity contribution is 0.455. The molecule has 0 unspecified atom stereocenters. The summed E-state index contributed by atoms with van der Waals surface area (Å²) in [6, 6.07) is 13.0. The van der Waals surface area contributed by atoms with Gasteiger partial charge < -0.3 is 4.74 Å². The predicted octanol–water partition coefficient (Wildman–Crippen LogP) is 3.50. The summed E-state index contributed by atoms with van der Waals surface area (Å²) in [5.74, 6) is 0.723. The van der Waals surface area contributed by atoms with E-state index in [1.165, 1.54) is 0 Å². The van der Waals surface area contributed by atoms with Crippen LogP contribution in [0, 0.1) is 22.7 Å². The smallest absolute Gasteiger partial charge is 0.237 e. The summed E-state index contributed by atoms with van der Waals surface area (Å²) in [6.07, 6.45) is 4.13. The van der Waals surface area contributed by atoms with Gasteiger partial charge in [-0.2, -0.15) is 10.5 Å². The summed E-state index contributed by atoms with van der Waals surface area (Å²) in [4.78, 5) is 4.50. The minimum atomic E-state index is 0.292. The van der Waals surface area contributed by atoms with E-state index < -0.39 is 0 Å². The lowest BCUT2D eigenvalue weighted by atomic mass is 9.95. The summed E-state index contributed by atoms with van der Waals surface area (Å²) >= 11 is 0. The monoisotopic (exact) mass is 275 g/mol. The van der Waals surface area contributed by atoms with Crippen molar-refractivity contribution in [2.45, 2.75) is 25.7 Å². The Bertz CT molecular complexity index is 769. The van der Waals surface area contributed by atoms with Crippen molar-refractivity contribution in [3.63, 3.8) is 0 Å². The van der Waals surface area contributed by atoms with E-state index in [4.69, 9.17) is 10.00 Å². The van der Waals surface area contributed by atoms with Gasteiger partial charge in [0.1, 0.15) is 23.5 Å². The number of aryl methyl sites for hydroxylation is 2. The Morgan fingerprint density at radius 2 is 1.76 bits per heavy atom. The fraction of sp³-hybridized carbons (Fsp3) is 0.235. The molecule has 0 atom stereocenters. The molecule has 1 aromatic heterocycles. The van der Waals surface area contributed by atoms with Crippen LogP contribution in [0.3, 0.4) is 0 Å². The maximum atomic E-state index is 9.29. The molecular formula is C17H13N3O. The van der Waals surface area contributed by atoms with Gasteiger partial charge in [-0.05, 0) is 49.4 Å². The first-order valence-electron chi connectivity index (χ1n) is 6.91. The molecule has 0 spiro atoms. The SMILES string of the molecule is N#Cc1ccccc1Oc1nc2c(cc1C#N)CCCC2. The minimum absolute atomic E-state index is 0.292. The molecule has 21 heavy (non-hydrogen) atoms. The predicted molar refractivity (Wildman–Crippen MR) is 76.8 cm³/mol. The third-order valence-corrected chi connectivity index (χ3v) is 3.60. The standard InChI is InChI=1S/C17H13N3O/c18-10-13-6-2-4-8-16(13)21-17-14(11-19)9-12-5-1-3-7-15(12)20-17/h2,4,6,8-9H,1,3,5,7H2. The Morgan fingerprint density at radius 3 is 2.57 bits per heavy atom. The van der Waals surface area contributed by atoms with Gasteiger partial charge in [0.05, 0.1) is 5.56 Å². The molecule has 4 nitrogen and oxygen atoms in total. The van der Waals surface area contributed by atoms with Crippen LogP contribution >= 0.6 is 0 Å². The third-order valence-electron chi connectivity index (χ3n) is 3.60. The van der Waals surface area contributed by atoms with Crippen LogP contribution in [0.15, 0.2) is 30.3 Å². The Hall–Kier alpha value is -2.85. The number of para-hydroxylation sites is 1. The molecule has 0 radical (unpaired) electrons. The Morgan fingerprint density at radius 1 is 1.00 bits per heavy atom. The molecule has 1 aromatic carbocycles. The molecule has 0 saturated heterocycles. The lowest BCUT2D eigenvalue weighted by Crippen LogP contribution is -2.07. The quantitative estimate of drug-likeness (QED) is 0.841. The first-order chi connectivity index (χ1) is 10.3. The highest BCUT2D eigenvalue weighted by atomic mass is 16.5. The van der Waals surface area contributed by atoms with Gasteiger partial charge in [0.2, 0.25) is 5.88 Å². The fourth-order valence-electron chi connectivity index (χ4n) is 2.52. The van der Waals surface area contributed by atoms with Crippen molar-refractivity contribution in [3.8, 4) is 23.8 Å². The minimum Gasteiger partial charge on any atom is -0.436 e. The molecule has 2 aromatic rings. The lowest BCUT2D eigenvalue weighted by Gasteiger charge is -2.17. The highest BCUT2D eigenvalue weighted by Gasteiger charge is 2.17. The maximum Gasteiger partial charge on any atom is 0.237 e. The van der Waals surface area contributed by atoms with Crippen molar-refractivity contribution < 1.29 is 4.74 Å². The molecule has 0 amide bonds. The van der Waals surface area contributed by atoms with Crippen molar-refractivity contribution >= 4 is 0 Å². The molecule has 102 valence electrons. The van der Waals surface area contributed by atoms with Crippen LogP contribution in [0.4, 0.5) is 0 Å². The van der Waals surface area contributed by atoms with Crippen LogP contribution in [0.25, 0.3) is 0 Å². The summed E-state index contributed by atoms with van der Waals surface area (Å²) in [6.45, 7) is 0. The summed E-state index contributed by atoms with van der Waals surface area (Å²) in [7, 11) is 0. The number of nitrogens with zero attached hydrogens (tertiary/aromatic N) is 3. The molecule has 0 saturated carbocycles. The van der Waals surface area contributed by atoms with E-state index in [1.807, 2.05) is 6.07 Å². The molecule has 0 aliphatic heterocycles. The summed E-state index contributed by atoms with van der Waals surface area (Å²) < 4.78 is 5.73. The van der Waals surface area contributed by atoms with E-state index in [0.29, 0.717) is 22.8 Å². The number of pyridine rings is 1. The van der Waals surface area contributed by atoms with Crippen LogP contribution in [0.5, 0.6) is 11.6 Å². The zero-order valence-electron chi connectivity index (χ0n) is 11.5. The van der Waals surface area contributed by atoms with Gasteiger partial charge in [0, 0.05) is 5.69 Å². The number of hydrogen-bond donors (Lipinski definition) is 0. The van der Waals surface area contributed by atoms with Crippen molar-refractivity contribution in [2.24, 2.45) is 0 Å². The Labute approximate surface area is 123 Å².